The second-order valence-electron chi connectivity index (χ2n) is 6.80. The van der Waals surface area contributed by atoms with Gasteiger partial charge in [0.05, 0.1) is 0 Å². The molecular formula is C18H31N3. The molecule has 1 aliphatic rings. The minimum absolute atomic E-state index is 0.598. The third-order valence-electron chi connectivity index (χ3n) is 4.46. The minimum atomic E-state index is 0.598. The van der Waals surface area contributed by atoms with Crippen LogP contribution in [0.4, 0.5) is 5.69 Å². The lowest BCUT2D eigenvalue weighted by Gasteiger charge is -2.33. The van der Waals surface area contributed by atoms with E-state index in [2.05, 4.69) is 67.3 Å². The van der Waals surface area contributed by atoms with Gasteiger partial charge in [0.1, 0.15) is 0 Å². The van der Waals surface area contributed by atoms with E-state index in [1.807, 2.05) is 0 Å². The summed E-state index contributed by atoms with van der Waals surface area (Å²) >= 11 is 0. The summed E-state index contributed by atoms with van der Waals surface area (Å²) in [4.78, 5) is 4.76. The Kier molecular flexibility index (Phi) is 6.07. The van der Waals surface area contributed by atoms with Gasteiger partial charge in [-0.15, -0.1) is 0 Å². The summed E-state index contributed by atoms with van der Waals surface area (Å²) in [5.74, 6) is 0.808. The summed E-state index contributed by atoms with van der Waals surface area (Å²) < 4.78 is 0. The maximum absolute atomic E-state index is 3.53. The standard InChI is InChI=1S/C18H31N3/c1-15(2)21(14-17-6-5-11-19-12-17)13-16-7-9-18(10-8-16)20(3)4/h7-10,15,17,19H,5-6,11-14H2,1-4H3. The molecule has 2 rings (SSSR count). The Morgan fingerprint density at radius 3 is 2.43 bits per heavy atom. The number of hydrogen-bond donors (Lipinski definition) is 1. The number of nitrogens with zero attached hydrogens (tertiary/aromatic N) is 2. The Morgan fingerprint density at radius 1 is 1.19 bits per heavy atom. The van der Waals surface area contributed by atoms with Crippen LogP contribution >= 0.6 is 0 Å². The molecule has 1 fully saturated rings. The molecule has 0 bridgehead atoms. The third-order valence-corrected chi connectivity index (χ3v) is 4.46. The summed E-state index contributed by atoms with van der Waals surface area (Å²) in [5, 5.41) is 3.53. The van der Waals surface area contributed by atoms with Gasteiger partial charge in [0, 0.05) is 38.9 Å². The van der Waals surface area contributed by atoms with Crippen molar-refractivity contribution in [3.8, 4) is 0 Å². The Bertz CT molecular complexity index is 405. The molecule has 21 heavy (non-hydrogen) atoms. The average molecular weight is 289 g/mol. The van der Waals surface area contributed by atoms with Gasteiger partial charge in [0.15, 0.2) is 0 Å². The van der Waals surface area contributed by atoms with E-state index in [1.54, 1.807) is 0 Å². The average Bonchev–Trinajstić information content (AvgIpc) is 2.48. The normalized spacial score (nSPS) is 19.2. The van der Waals surface area contributed by atoms with Gasteiger partial charge in [-0.25, -0.2) is 0 Å². The molecule has 118 valence electrons. The van der Waals surface area contributed by atoms with Gasteiger partial charge in [-0.1, -0.05) is 12.1 Å². The van der Waals surface area contributed by atoms with Crippen LogP contribution in [0.5, 0.6) is 0 Å². The van der Waals surface area contributed by atoms with Crippen molar-refractivity contribution in [2.75, 3.05) is 38.6 Å². The summed E-state index contributed by atoms with van der Waals surface area (Å²) in [6.45, 7) is 9.27. The van der Waals surface area contributed by atoms with E-state index in [0.717, 1.165) is 12.5 Å². The van der Waals surface area contributed by atoms with E-state index >= 15 is 0 Å². The van der Waals surface area contributed by atoms with Gasteiger partial charge in [-0.3, -0.25) is 4.90 Å². The fourth-order valence-corrected chi connectivity index (χ4v) is 3.00. The van der Waals surface area contributed by atoms with Crippen LogP contribution in [0.3, 0.4) is 0 Å². The van der Waals surface area contributed by atoms with Crippen LogP contribution in [0.1, 0.15) is 32.3 Å². The summed E-state index contributed by atoms with van der Waals surface area (Å²) in [6, 6.07) is 9.57. The Morgan fingerprint density at radius 2 is 1.90 bits per heavy atom. The van der Waals surface area contributed by atoms with Crippen molar-refractivity contribution in [2.45, 2.75) is 39.3 Å². The zero-order chi connectivity index (χ0) is 15.2. The van der Waals surface area contributed by atoms with Crippen LogP contribution in [0.25, 0.3) is 0 Å². The Hall–Kier alpha value is -1.06. The molecule has 1 aliphatic heterocycles. The maximum Gasteiger partial charge on any atom is 0.0361 e. The minimum Gasteiger partial charge on any atom is -0.378 e. The second-order valence-corrected chi connectivity index (χ2v) is 6.80. The molecular weight excluding hydrogens is 258 g/mol. The highest BCUT2D eigenvalue weighted by Gasteiger charge is 2.19. The smallest absolute Gasteiger partial charge is 0.0361 e. The first-order valence-corrected chi connectivity index (χ1v) is 8.27. The lowest BCUT2D eigenvalue weighted by atomic mass is 9.98. The van der Waals surface area contributed by atoms with E-state index in [1.165, 1.54) is 43.7 Å². The van der Waals surface area contributed by atoms with Gasteiger partial charge in [-0.2, -0.15) is 0 Å². The van der Waals surface area contributed by atoms with Gasteiger partial charge < -0.3 is 10.2 Å². The Balaban J connectivity index is 1.95. The van der Waals surface area contributed by atoms with Crippen molar-refractivity contribution in [1.82, 2.24) is 10.2 Å². The molecule has 0 radical (unpaired) electrons. The highest BCUT2D eigenvalue weighted by molar-refractivity contribution is 5.45. The first kappa shape index (κ1) is 16.3. The summed E-state index contributed by atoms with van der Waals surface area (Å²) in [6.07, 6.45) is 2.70. The van der Waals surface area contributed by atoms with Crippen molar-refractivity contribution in [1.29, 1.82) is 0 Å². The van der Waals surface area contributed by atoms with Gasteiger partial charge in [0.2, 0.25) is 0 Å². The molecule has 3 heteroatoms. The second kappa shape index (κ2) is 7.81. The van der Waals surface area contributed by atoms with E-state index in [-0.39, 0.29) is 0 Å². The molecule has 0 amide bonds. The quantitative estimate of drug-likeness (QED) is 0.868. The zero-order valence-electron chi connectivity index (χ0n) is 14.1. The highest BCUT2D eigenvalue weighted by atomic mass is 15.1. The predicted octanol–water partition coefficient (Wildman–Crippen LogP) is 2.96. The molecule has 0 saturated carbocycles. The molecule has 1 heterocycles. The first-order valence-electron chi connectivity index (χ1n) is 8.27. The number of benzene rings is 1. The van der Waals surface area contributed by atoms with Crippen molar-refractivity contribution >= 4 is 5.69 Å². The zero-order valence-corrected chi connectivity index (χ0v) is 14.1. The monoisotopic (exact) mass is 289 g/mol. The van der Waals surface area contributed by atoms with Crippen molar-refractivity contribution in [3.05, 3.63) is 29.8 Å². The number of hydrogen-bond acceptors (Lipinski definition) is 3. The molecule has 1 atom stereocenters. The molecule has 1 aromatic rings. The number of anilines is 1. The van der Waals surface area contributed by atoms with E-state index in [9.17, 15) is 0 Å². The van der Waals surface area contributed by atoms with E-state index < -0.39 is 0 Å². The molecule has 1 unspecified atom stereocenters. The molecule has 3 nitrogen and oxygen atoms in total. The van der Waals surface area contributed by atoms with Crippen LogP contribution in [0.15, 0.2) is 24.3 Å². The fraction of sp³-hybridized carbons (Fsp3) is 0.667. The molecule has 1 N–H and O–H groups in total. The van der Waals surface area contributed by atoms with Gasteiger partial charge >= 0.3 is 0 Å². The van der Waals surface area contributed by atoms with Crippen molar-refractivity contribution in [3.63, 3.8) is 0 Å². The lowest BCUT2D eigenvalue weighted by molar-refractivity contribution is 0.164. The number of rotatable bonds is 6. The van der Waals surface area contributed by atoms with Crippen LogP contribution in [0, 0.1) is 5.92 Å². The lowest BCUT2D eigenvalue weighted by Crippen LogP contribution is -2.40. The van der Waals surface area contributed by atoms with Crippen LogP contribution in [-0.2, 0) is 6.54 Å². The molecule has 1 saturated heterocycles. The third kappa shape index (κ3) is 5.01. The van der Waals surface area contributed by atoms with Crippen LogP contribution in [0.2, 0.25) is 0 Å². The topological polar surface area (TPSA) is 18.5 Å². The fourth-order valence-electron chi connectivity index (χ4n) is 3.00. The first-order chi connectivity index (χ1) is 10.1. The van der Waals surface area contributed by atoms with Gasteiger partial charge in [0.25, 0.3) is 0 Å². The Labute approximate surface area is 130 Å². The maximum atomic E-state index is 3.53. The largest absolute Gasteiger partial charge is 0.378 e. The molecule has 0 aliphatic carbocycles. The number of nitrogens with one attached hydrogen (secondary N) is 1. The summed E-state index contributed by atoms with van der Waals surface area (Å²) in [7, 11) is 4.18. The van der Waals surface area contributed by atoms with Crippen molar-refractivity contribution < 1.29 is 0 Å². The molecule has 0 spiro atoms. The van der Waals surface area contributed by atoms with Crippen molar-refractivity contribution in [2.24, 2.45) is 5.92 Å². The molecule has 1 aromatic carbocycles. The van der Waals surface area contributed by atoms with E-state index in [4.69, 9.17) is 0 Å². The number of piperidine rings is 1. The predicted molar refractivity (Wildman–Crippen MR) is 91.9 cm³/mol. The van der Waals surface area contributed by atoms with E-state index in [0.29, 0.717) is 6.04 Å². The van der Waals surface area contributed by atoms with Crippen LogP contribution in [-0.4, -0.2) is 44.7 Å². The van der Waals surface area contributed by atoms with Crippen LogP contribution < -0.4 is 10.2 Å². The van der Waals surface area contributed by atoms with Gasteiger partial charge in [-0.05, 0) is 63.4 Å². The molecule has 0 aromatic heterocycles. The highest BCUT2D eigenvalue weighted by Crippen LogP contribution is 2.18. The summed E-state index contributed by atoms with van der Waals surface area (Å²) in [5.41, 5.74) is 2.68. The SMILES string of the molecule is CC(C)N(Cc1ccc(N(C)C)cc1)CC1CCCNC1.